The first-order chi connectivity index (χ1) is 22.0. The Kier molecular flexibility index (Phi) is 5.06. The van der Waals surface area contributed by atoms with Crippen molar-refractivity contribution in [3.63, 3.8) is 0 Å². The summed E-state index contributed by atoms with van der Waals surface area (Å²) >= 11 is 0. The SMILES string of the molecule is CC1(C)c2ccccc2-c2cc3c(cc21)oc1cc(-c2ccc(C#N)cc2-n2c4ccccc4c4cc(C#N)ccc42)ccc13. The van der Waals surface area contributed by atoms with Crippen LogP contribution in [0.15, 0.2) is 120 Å². The van der Waals surface area contributed by atoms with Gasteiger partial charge in [0, 0.05) is 32.5 Å². The number of benzene rings is 6. The van der Waals surface area contributed by atoms with Crippen LogP contribution in [0.1, 0.15) is 36.1 Å². The zero-order valence-corrected chi connectivity index (χ0v) is 24.7. The first-order valence-corrected chi connectivity index (χ1v) is 15.0. The third-order valence-corrected chi connectivity index (χ3v) is 9.66. The first kappa shape index (κ1) is 25.4. The Balaban J connectivity index is 1.28. The molecule has 1 aliphatic rings. The van der Waals surface area contributed by atoms with Crippen LogP contribution in [0.2, 0.25) is 0 Å². The van der Waals surface area contributed by atoms with E-state index in [-0.39, 0.29) is 5.41 Å². The highest BCUT2D eigenvalue weighted by molar-refractivity contribution is 6.11. The van der Waals surface area contributed by atoms with Gasteiger partial charge >= 0.3 is 0 Å². The predicted octanol–water partition coefficient (Wildman–Crippen LogP) is 10.4. The number of fused-ring (bicyclic) bond motifs is 9. The molecular weight excluding hydrogens is 550 g/mol. The number of hydrogen-bond donors (Lipinski definition) is 0. The molecule has 2 aromatic heterocycles. The van der Waals surface area contributed by atoms with Crippen LogP contribution in [0, 0.1) is 22.7 Å². The Morgan fingerprint density at radius 2 is 1.29 bits per heavy atom. The Bertz CT molecular complexity index is 2650. The van der Waals surface area contributed by atoms with Gasteiger partial charge in [0.05, 0.1) is 40.0 Å². The molecule has 9 rings (SSSR count). The van der Waals surface area contributed by atoms with Crippen molar-refractivity contribution in [3.8, 4) is 40.1 Å². The van der Waals surface area contributed by atoms with E-state index in [9.17, 15) is 10.5 Å². The van der Waals surface area contributed by atoms with Gasteiger partial charge in [-0.25, -0.2) is 0 Å². The molecule has 0 unspecified atom stereocenters. The maximum absolute atomic E-state index is 9.90. The maximum Gasteiger partial charge on any atom is 0.136 e. The molecule has 8 aromatic rings. The van der Waals surface area contributed by atoms with Gasteiger partial charge < -0.3 is 8.98 Å². The second-order valence-corrected chi connectivity index (χ2v) is 12.4. The number of aromatic nitrogens is 1. The fourth-order valence-electron chi connectivity index (χ4n) is 7.47. The Morgan fingerprint density at radius 3 is 2.16 bits per heavy atom. The summed E-state index contributed by atoms with van der Waals surface area (Å²) in [6.07, 6.45) is 0. The van der Waals surface area contributed by atoms with Crippen LogP contribution in [-0.2, 0) is 5.41 Å². The average molecular weight is 576 g/mol. The molecule has 0 fully saturated rings. The molecule has 0 radical (unpaired) electrons. The van der Waals surface area contributed by atoms with Crippen LogP contribution in [0.4, 0.5) is 0 Å². The van der Waals surface area contributed by atoms with Crippen LogP contribution in [0.5, 0.6) is 0 Å². The van der Waals surface area contributed by atoms with E-state index in [1.165, 1.54) is 22.3 Å². The monoisotopic (exact) mass is 575 g/mol. The van der Waals surface area contributed by atoms with Crippen molar-refractivity contribution in [1.29, 1.82) is 10.5 Å². The molecule has 6 aromatic carbocycles. The average Bonchev–Trinajstić information content (AvgIpc) is 3.68. The van der Waals surface area contributed by atoms with Crippen molar-refractivity contribution >= 4 is 43.7 Å². The molecule has 0 saturated carbocycles. The molecular formula is C41H25N3O. The summed E-state index contributed by atoms with van der Waals surface area (Å²) in [6, 6.07) is 44.1. The molecule has 1 aliphatic carbocycles. The fraction of sp³-hybridized carbons (Fsp3) is 0.0732. The molecule has 2 heterocycles. The van der Waals surface area contributed by atoms with Crippen molar-refractivity contribution < 1.29 is 4.42 Å². The van der Waals surface area contributed by atoms with E-state index < -0.39 is 0 Å². The minimum absolute atomic E-state index is 0.0992. The lowest BCUT2D eigenvalue weighted by atomic mass is 9.82. The van der Waals surface area contributed by atoms with Crippen LogP contribution < -0.4 is 0 Å². The van der Waals surface area contributed by atoms with Gasteiger partial charge in [0.1, 0.15) is 11.2 Å². The van der Waals surface area contributed by atoms with Crippen molar-refractivity contribution in [2.24, 2.45) is 0 Å². The number of rotatable bonds is 2. The predicted molar refractivity (Wildman–Crippen MR) is 180 cm³/mol. The van der Waals surface area contributed by atoms with Crippen molar-refractivity contribution in [2.45, 2.75) is 19.3 Å². The van der Waals surface area contributed by atoms with E-state index in [1.807, 2.05) is 48.5 Å². The molecule has 0 amide bonds. The van der Waals surface area contributed by atoms with E-state index in [0.29, 0.717) is 11.1 Å². The molecule has 0 bridgehead atoms. The van der Waals surface area contributed by atoms with E-state index in [2.05, 4.69) is 97.3 Å². The lowest BCUT2D eigenvalue weighted by Crippen LogP contribution is -2.14. The molecule has 0 saturated heterocycles. The second kappa shape index (κ2) is 8.96. The highest BCUT2D eigenvalue weighted by Crippen LogP contribution is 2.51. The summed E-state index contributed by atoms with van der Waals surface area (Å²) in [5, 5.41) is 23.8. The third-order valence-electron chi connectivity index (χ3n) is 9.66. The standard InChI is InChI=1S/C41H25N3O/c1-41(2)34-9-5-3-7-28(34)31-20-33-30-15-13-26(19-39(30)45-40(33)21-35(31)41)27-14-11-25(23-43)18-38(27)44-36-10-6-4-8-29(36)32-17-24(22-42)12-16-37(32)44/h3-21H,1-2H3. The van der Waals surface area contributed by atoms with Gasteiger partial charge in [0.2, 0.25) is 0 Å². The van der Waals surface area contributed by atoms with Crippen molar-refractivity contribution in [1.82, 2.24) is 4.57 Å². The second-order valence-electron chi connectivity index (χ2n) is 12.4. The van der Waals surface area contributed by atoms with Crippen LogP contribution in [0.25, 0.3) is 71.7 Å². The smallest absolute Gasteiger partial charge is 0.136 e. The summed E-state index contributed by atoms with van der Waals surface area (Å²) in [4.78, 5) is 0. The number of hydrogen-bond acceptors (Lipinski definition) is 3. The normalized spacial score (nSPS) is 13.2. The molecule has 45 heavy (non-hydrogen) atoms. The highest BCUT2D eigenvalue weighted by Gasteiger charge is 2.36. The Hall–Kier alpha value is -6.10. The summed E-state index contributed by atoms with van der Waals surface area (Å²) < 4.78 is 8.79. The van der Waals surface area contributed by atoms with Gasteiger partial charge in [-0.2, -0.15) is 10.5 Å². The molecule has 0 N–H and O–H groups in total. The molecule has 0 aliphatic heterocycles. The third kappa shape index (κ3) is 3.46. The zero-order chi connectivity index (χ0) is 30.4. The number of furan rings is 1. The van der Waals surface area contributed by atoms with Gasteiger partial charge in [0.15, 0.2) is 0 Å². The first-order valence-electron chi connectivity index (χ1n) is 15.0. The summed E-state index contributed by atoms with van der Waals surface area (Å²) in [7, 11) is 0. The number of nitrogens with zero attached hydrogens (tertiary/aromatic N) is 3. The molecule has 4 heteroatoms. The lowest BCUT2D eigenvalue weighted by Gasteiger charge is -2.21. The van der Waals surface area contributed by atoms with Gasteiger partial charge in [0.25, 0.3) is 0 Å². The topological polar surface area (TPSA) is 65.7 Å². The van der Waals surface area contributed by atoms with Gasteiger partial charge in [-0.1, -0.05) is 68.4 Å². The van der Waals surface area contributed by atoms with E-state index in [4.69, 9.17) is 4.42 Å². The fourth-order valence-corrected chi connectivity index (χ4v) is 7.47. The molecule has 4 nitrogen and oxygen atoms in total. The van der Waals surface area contributed by atoms with E-state index in [1.54, 1.807) is 0 Å². The molecule has 0 spiro atoms. The Labute approximate surface area is 259 Å². The molecule has 210 valence electrons. The van der Waals surface area contributed by atoms with Crippen LogP contribution >= 0.6 is 0 Å². The summed E-state index contributed by atoms with van der Waals surface area (Å²) in [5.41, 5.74) is 12.9. The van der Waals surface area contributed by atoms with Crippen LogP contribution in [-0.4, -0.2) is 4.57 Å². The largest absolute Gasteiger partial charge is 0.456 e. The lowest BCUT2D eigenvalue weighted by molar-refractivity contribution is 0.647. The van der Waals surface area contributed by atoms with Gasteiger partial charge in [-0.15, -0.1) is 0 Å². The summed E-state index contributed by atoms with van der Waals surface area (Å²) in [6.45, 7) is 4.57. The minimum Gasteiger partial charge on any atom is -0.456 e. The van der Waals surface area contributed by atoms with Crippen LogP contribution in [0.3, 0.4) is 0 Å². The van der Waals surface area contributed by atoms with Crippen molar-refractivity contribution in [2.75, 3.05) is 0 Å². The minimum atomic E-state index is -0.0992. The maximum atomic E-state index is 9.90. The van der Waals surface area contributed by atoms with E-state index in [0.717, 1.165) is 60.6 Å². The van der Waals surface area contributed by atoms with E-state index >= 15 is 0 Å². The molecule has 0 atom stereocenters. The van der Waals surface area contributed by atoms with Crippen molar-refractivity contribution in [3.05, 3.63) is 138 Å². The Morgan fingerprint density at radius 1 is 0.556 bits per heavy atom. The quantitative estimate of drug-likeness (QED) is 0.206. The van der Waals surface area contributed by atoms with Gasteiger partial charge in [-0.05, 0) is 88.5 Å². The summed E-state index contributed by atoms with van der Waals surface area (Å²) in [5.74, 6) is 0. The number of para-hydroxylation sites is 1. The highest BCUT2D eigenvalue weighted by atomic mass is 16.3. The van der Waals surface area contributed by atoms with Gasteiger partial charge in [-0.3, -0.25) is 0 Å². The number of nitriles is 2. The zero-order valence-electron chi connectivity index (χ0n) is 24.7.